The largest absolute Gasteiger partial charge is 0.346 e. The van der Waals surface area contributed by atoms with Gasteiger partial charge in [-0.15, -0.1) is 0 Å². The van der Waals surface area contributed by atoms with Crippen LogP contribution in [-0.2, 0) is 13.6 Å². The minimum Gasteiger partial charge on any atom is -0.346 e. The molecule has 5 rings (SSSR count). The summed E-state index contributed by atoms with van der Waals surface area (Å²) in [5.41, 5.74) is 6.52. The Labute approximate surface area is 166 Å². The van der Waals surface area contributed by atoms with Gasteiger partial charge in [0, 0.05) is 67.7 Å². The van der Waals surface area contributed by atoms with E-state index in [4.69, 9.17) is 5.10 Å². The fourth-order valence-corrected chi connectivity index (χ4v) is 4.96. The molecular weight excluding hydrogens is 346 g/mol. The van der Waals surface area contributed by atoms with E-state index in [1.807, 2.05) is 16.9 Å². The summed E-state index contributed by atoms with van der Waals surface area (Å²) < 4.78 is 2.02. The Morgan fingerprint density at radius 1 is 1.21 bits per heavy atom. The molecule has 1 saturated carbocycles. The average molecular weight is 376 g/mol. The third-order valence-electron chi connectivity index (χ3n) is 6.41. The molecule has 0 saturated heterocycles. The van der Waals surface area contributed by atoms with Crippen molar-refractivity contribution < 1.29 is 0 Å². The number of H-pyrrole nitrogens is 1. The zero-order valence-corrected chi connectivity index (χ0v) is 16.7. The van der Waals surface area contributed by atoms with E-state index in [2.05, 4.69) is 46.5 Å². The van der Waals surface area contributed by atoms with Crippen LogP contribution < -0.4 is 0 Å². The smallest absolute Gasteiger partial charge is 0.137 e. The van der Waals surface area contributed by atoms with E-state index in [0.717, 1.165) is 31.7 Å². The Morgan fingerprint density at radius 2 is 2.11 bits per heavy atom. The number of rotatable bonds is 4. The van der Waals surface area contributed by atoms with Crippen LogP contribution >= 0.6 is 0 Å². The molecule has 0 atom stereocenters. The van der Waals surface area contributed by atoms with Crippen LogP contribution in [0.5, 0.6) is 0 Å². The first-order valence-electron chi connectivity index (χ1n) is 10.6. The summed E-state index contributed by atoms with van der Waals surface area (Å²) in [6.45, 7) is 3.11. The van der Waals surface area contributed by atoms with E-state index < -0.39 is 0 Å². The molecule has 1 aliphatic carbocycles. The number of aromatic nitrogens is 4. The first-order chi connectivity index (χ1) is 13.8. The maximum Gasteiger partial charge on any atom is 0.137 e. The fraction of sp³-hybridized carbons (Fsp3) is 0.478. The van der Waals surface area contributed by atoms with Crippen molar-refractivity contribution in [2.45, 2.75) is 51.0 Å². The minimum atomic E-state index is 0.666. The van der Waals surface area contributed by atoms with Gasteiger partial charge in [0.05, 0.1) is 5.69 Å². The van der Waals surface area contributed by atoms with Gasteiger partial charge in [0.1, 0.15) is 5.65 Å². The third-order valence-corrected chi connectivity index (χ3v) is 6.41. The predicted molar refractivity (Wildman–Crippen MR) is 113 cm³/mol. The molecular formula is C23H29N5. The van der Waals surface area contributed by atoms with Crippen LogP contribution in [0.3, 0.4) is 0 Å². The molecule has 0 spiro atoms. The van der Waals surface area contributed by atoms with Gasteiger partial charge < -0.3 is 4.98 Å². The Kier molecular flexibility index (Phi) is 4.77. The first-order valence-corrected chi connectivity index (χ1v) is 10.6. The SMILES string of the molecule is Cn1cc(CN2CC=C(c3c[nH]c4ncccc34)CC2)c(C2CCCCC2)n1. The normalized spacial score (nSPS) is 19.2. The summed E-state index contributed by atoms with van der Waals surface area (Å²) in [5, 5.41) is 6.08. The number of pyridine rings is 1. The van der Waals surface area contributed by atoms with E-state index in [0.29, 0.717) is 5.92 Å². The quantitative estimate of drug-likeness (QED) is 0.723. The number of aryl methyl sites for hydroxylation is 1. The Bertz CT molecular complexity index is 990. The number of nitrogens with one attached hydrogen (secondary N) is 1. The molecule has 5 heteroatoms. The molecule has 3 aromatic rings. The van der Waals surface area contributed by atoms with Gasteiger partial charge in [-0.25, -0.2) is 4.98 Å². The maximum atomic E-state index is 4.85. The van der Waals surface area contributed by atoms with Crippen LogP contribution in [0, 0.1) is 0 Å². The van der Waals surface area contributed by atoms with Crippen molar-refractivity contribution in [3.63, 3.8) is 0 Å². The fourth-order valence-electron chi connectivity index (χ4n) is 4.96. The first kappa shape index (κ1) is 17.7. The van der Waals surface area contributed by atoms with Gasteiger partial charge in [-0.05, 0) is 37.0 Å². The minimum absolute atomic E-state index is 0.666. The number of nitrogens with zero attached hydrogens (tertiary/aromatic N) is 4. The highest BCUT2D eigenvalue weighted by atomic mass is 15.3. The molecule has 0 bridgehead atoms. The van der Waals surface area contributed by atoms with Gasteiger partial charge in [0.2, 0.25) is 0 Å². The lowest BCUT2D eigenvalue weighted by atomic mass is 9.85. The lowest BCUT2D eigenvalue weighted by Crippen LogP contribution is -2.28. The van der Waals surface area contributed by atoms with Crippen LogP contribution in [-0.4, -0.2) is 37.7 Å². The molecule has 2 aliphatic rings. The van der Waals surface area contributed by atoms with Crippen LogP contribution in [0.15, 0.2) is 36.8 Å². The lowest BCUT2D eigenvalue weighted by molar-refractivity contribution is 0.291. The highest BCUT2D eigenvalue weighted by Gasteiger charge is 2.23. The molecule has 4 heterocycles. The van der Waals surface area contributed by atoms with Gasteiger partial charge in [-0.2, -0.15) is 5.10 Å². The van der Waals surface area contributed by atoms with Crippen LogP contribution in [0.25, 0.3) is 16.6 Å². The van der Waals surface area contributed by atoms with Crippen molar-refractivity contribution >= 4 is 16.6 Å². The maximum absolute atomic E-state index is 4.85. The topological polar surface area (TPSA) is 49.7 Å². The Hall–Kier alpha value is -2.40. The van der Waals surface area contributed by atoms with Gasteiger partial charge in [-0.3, -0.25) is 9.58 Å². The van der Waals surface area contributed by atoms with Crippen molar-refractivity contribution in [2.24, 2.45) is 7.05 Å². The van der Waals surface area contributed by atoms with Gasteiger partial charge in [0.15, 0.2) is 0 Å². The molecule has 0 unspecified atom stereocenters. The van der Waals surface area contributed by atoms with Crippen molar-refractivity contribution in [1.29, 1.82) is 0 Å². The average Bonchev–Trinajstić information content (AvgIpc) is 3.33. The van der Waals surface area contributed by atoms with Crippen molar-refractivity contribution in [3.8, 4) is 0 Å². The standard InChI is InChI=1S/C23H29N5/c1-27-15-19(22(26-27)18-6-3-2-4-7-18)16-28-12-9-17(10-13-28)21-14-25-23-20(21)8-5-11-24-23/h5,8-9,11,14-15,18H,2-4,6-7,10,12-13,16H2,1H3,(H,24,25). The molecule has 146 valence electrons. The summed E-state index contributed by atoms with van der Waals surface area (Å²) >= 11 is 0. The zero-order valence-electron chi connectivity index (χ0n) is 16.7. The summed E-state index contributed by atoms with van der Waals surface area (Å²) in [5.74, 6) is 0.666. The number of hydrogen-bond acceptors (Lipinski definition) is 3. The second kappa shape index (κ2) is 7.55. The number of hydrogen-bond donors (Lipinski definition) is 1. The summed E-state index contributed by atoms with van der Waals surface area (Å²) in [7, 11) is 2.06. The van der Waals surface area contributed by atoms with Gasteiger partial charge >= 0.3 is 0 Å². The van der Waals surface area contributed by atoms with Crippen molar-refractivity contribution in [3.05, 3.63) is 53.6 Å². The summed E-state index contributed by atoms with van der Waals surface area (Å²) in [4.78, 5) is 10.3. The number of aromatic amines is 1. The van der Waals surface area contributed by atoms with Crippen LogP contribution in [0.4, 0.5) is 0 Å². The van der Waals surface area contributed by atoms with Crippen LogP contribution in [0.1, 0.15) is 61.3 Å². The number of fused-ring (bicyclic) bond motifs is 1. The molecule has 1 aliphatic heterocycles. The van der Waals surface area contributed by atoms with E-state index in [1.54, 1.807) is 0 Å². The van der Waals surface area contributed by atoms with E-state index in [9.17, 15) is 0 Å². The Balaban J connectivity index is 1.31. The monoisotopic (exact) mass is 375 g/mol. The zero-order chi connectivity index (χ0) is 18.9. The van der Waals surface area contributed by atoms with Crippen molar-refractivity contribution in [1.82, 2.24) is 24.6 Å². The molecule has 1 N–H and O–H groups in total. The molecule has 3 aromatic heterocycles. The highest BCUT2D eigenvalue weighted by molar-refractivity contribution is 5.90. The van der Waals surface area contributed by atoms with Crippen molar-refractivity contribution in [2.75, 3.05) is 13.1 Å². The van der Waals surface area contributed by atoms with E-state index in [-0.39, 0.29) is 0 Å². The van der Waals surface area contributed by atoms with E-state index >= 15 is 0 Å². The molecule has 0 radical (unpaired) electrons. The van der Waals surface area contributed by atoms with Crippen LogP contribution in [0.2, 0.25) is 0 Å². The highest BCUT2D eigenvalue weighted by Crippen LogP contribution is 2.34. The summed E-state index contributed by atoms with van der Waals surface area (Å²) in [6.07, 6.45) is 16.4. The Morgan fingerprint density at radius 3 is 2.93 bits per heavy atom. The van der Waals surface area contributed by atoms with E-state index in [1.165, 1.54) is 59.9 Å². The van der Waals surface area contributed by atoms with Gasteiger partial charge in [-0.1, -0.05) is 25.3 Å². The molecule has 5 nitrogen and oxygen atoms in total. The second-order valence-corrected chi connectivity index (χ2v) is 8.36. The van der Waals surface area contributed by atoms with Gasteiger partial charge in [0.25, 0.3) is 0 Å². The summed E-state index contributed by atoms with van der Waals surface area (Å²) in [6, 6.07) is 4.18. The molecule has 1 fully saturated rings. The lowest BCUT2D eigenvalue weighted by Gasteiger charge is -2.27. The predicted octanol–water partition coefficient (Wildman–Crippen LogP) is 4.63. The molecule has 0 amide bonds. The third kappa shape index (κ3) is 3.39. The molecule has 28 heavy (non-hydrogen) atoms. The molecule has 0 aromatic carbocycles. The second-order valence-electron chi connectivity index (χ2n) is 8.36.